The van der Waals surface area contributed by atoms with Crippen molar-refractivity contribution in [3.63, 3.8) is 0 Å². The molecule has 3 nitrogen and oxygen atoms in total. The zero-order valence-corrected chi connectivity index (χ0v) is 10.7. The van der Waals surface area contributed by atoms with Gasteiger partial charge in [-0.3, -0.25) is 4.79 Å². The molecule has 3 heteroatoms. The van der Waals surface area contributed by atoms with Crippen molar-refractivity contribution >= 4 is 5.78 Å². The van der Waals surface area contributed by atoms with Crippen LogP contribution in [0.3, 0.4) is 0 Å². The quantitative estimate of drug-likeness (QED) is 0.817. The summed E-state index contributed by atoms with van der Waals surface area (Å²) in [5.74, 6) is 0.893. The number of Topliss-reactive ketones (excluding diaryl/α,β-unsaturated/α-hetero) is 1. The average molecular weight is 237 g/mol. The highest BCUT2D eigenvalue weighted by Gasteiger charge is 2.50. The van der Waals surface area contributed by atoms with Crippen molar-refractivity contribution in [2.45, 2.75) is 63.0 Å². The molecule has 2 N–H and O–H groups in total. The van der Waals surface area contributed by atoms with Crippen molar-refractivity contribution in [3.05, 3.63) is 0 Å². The first-order chi connectivity index (χ1) is 8.04. The molecule has 0 aromatic rings. The highest BCUT2D eigenvalue weighted by atomic mass is 16.5. The Bertz CT molecular complexity index is 329. The van der Waals surface area contributed by atoms with Gasteiger partial charge in [-0.1, -0.05) is 0 Å². The van der Waals surface area contributed by atoms with Gasteiger partial charge in [0.25, 0.3) is 0 Å². The maximum atomic E-state index is 12.5. The number of hydrogen-bond acceptors (Lipinski definition) is 3. The van der Waals surface area contributed by atoms with Crippen LogP contribution in [-0.2, 0) is 9.53 Å². The molecule has 0 aromatic carbocycles. The van der Waals surface area contributed by atoms with E-state index in [0.717, 1.165) is 45.1 Å². The Morgan fingerprint density at radius 1 is 1.35 bits per heavy atom. The average Bonchev–Trinajstić information content (AvgIpc) is 3.10. The highest BCUT2D eigenvalue weighted by Crippen LogP contribution is 2.47. The Labute approximate surface area is 103 Å². The molecule has 0 aromatic heterocycles. The number of carbonyl (C=O) groups is 1. The first-order valence-corrected chi connectivity index (χ1v) is 7.01. The zero-order chi connectivity index (χ0) is 12.1. The summed E-state index contributed by atoms with van der Waals surface area (Å²) in [5.41, 5.74) is 5.73. The van der Waals surface area contributed by atoms with Gasteiger partial charge in [0, 0.05) is 12.5 Å². The predicted octanol–water partition coefficient (Wildman–Crippen LogP) is 2.03. The molecular weight excluding hydrogens is 214 g/mol. The van der Waals surface area contributed by atoms with Gasteiger partial charge >= 0.3 is 0 Å². The second-order valence-corrected chi connectivity index (χ2v) is 6.50. The Morgan fingerprint density at radius 3 is 2.59 bits per heavy atom. The molecule has 1 spiro atoms. The lowest BCUT2D eigenvalue weighted by atomic mass is 9.69. The molecule has 96 valence electrons. The van der Waals surface area contributed by atoms with Crippen molar-refractivity contribution in [2.75, 3.05) is 6.61 Å². The summed E-state index contributed by atoms with van der Waals surface area (Å²) < 4.78 is 5.88. The number of rotatable bonds is 3. The SMILES string of the molecule is CC(N)(C(=O)C1CCOC2(CCC2)C1)C1CC1. The molecule has 3 aliphatic rings. The van der Waals surface area contributed by atoms with Crippen molar-refractivity contribution in [1.29, 1.82) is 0 Å². The maximum Gasteiger partial charge on any atom is 0.155 e. The summed E-state index contributed by atoms with van der Waals surface area (Å²) in [6.45, 7) is 2.69. The predicted molar refractivity (Wildman–Crippen MR) is 65.6 cm³/mol. The van der Waals surface area contributed by atoms with Crippen molar-refractivity contribution in [1.82, 2.24) is 0 Å². The Morgan fingerprint density at radius 2 is 2.06 bits per heavy atom. The van der Waals surface area contributed by atoms with E-state index in [-0.39, 0.29) is 11.5 Å². The third-order valence-corrected chi connectivity index (χ3v) is 5.08. The standard InChI is InChI=1S/C14H23NO2/c1-13(15,11-3-4-11)12(16)10-5-8-17-14(9-10)6-2-7-14/h10-11H,2-9,15H2,1H3. The fourth-order valence-corrected chi connectivity index (χ4v) is 3.50. The van der Waals surface area contributed by atoms with Crippen molar-refractivity contribution in [3.8, 4) is 0 Å². The third-order valence-electron chi connectivity index (χ3n) is 5.08. The van der Waals surface area contributed by atoms with Crippen LogP contribution >= 0.6 is 0 Å². The van der Waals surface area contributed by atoms with Gasteiger partial charge in [0.2, 0.25) is 0 Å². The van der Waals surface area contributed by atoms with E-state index in [1.807, 2.05) is 6.92 Å². The van der Waals surface area contributed by atoms with Crippen LogP contribution < -0.4 is 5.73 Å². The van der Waals surface area contributed by atoms with E-state index in [1.54, 1.807) is 0 Å². The molecule has 3 fully saturated rings. The molecule has 0 amide bonds. The summed E-state index contributed by atoms with van der Waals surface area (Å²) in [5, 5.41) is 0. The molecule has 2 saturated carbocycles. The van der Waals surface area contributed by atoms with Gasteiger partial charge in [-0.05, 0) is 57.8 Å². The Kier molecular flexibility index (Phi) is 2.60. The van der Waals surface area contributed by atoms with Crippen molar-refractivity contribution in [2.24, 2.45) is 17.6 Å². The fraction of sp³-hybridized carbons (Fsp3) is 0.929. The minimum absolute atomic E-state index is 0.0538. The number of ether oxygens (including phenoxy) is 1. The van der Waals surface area contributed by atoms with Gasteiger partial charge < -0.3 is 10.5 Å². The van der Waals surface area contributed by atoms with Gasteiger partial charge in [-0.2, -0.15) is 0 Å². The monoisotopic (exact) mass is 237 g/mol. The molecule has 1 saturated heterocycles. The van der Waals surface area contributed by atoms with Crippen LogP contribution in [0.15, 0.2) is 0 Å². The van der Waals surface area contributed by atoms with E-state index in [0.29, 0.717) is 11.7 Å². The molecule has 1 heterocycles. The lowest BCUT2D eigenvalue weighted by Crippen LogP contribution is -2.54. The molecule has 2 aliphatic carbocycles. The number of ketones is 1. The maximum absolute atomic E-state index is 12.5. The molecule has 0 bridgehead atoms. The molecule has 0 radical (unpaired) electrons. The molecular formula is C14H23NO2. The van der Waals surface area contributed by atoms with Crippen LogP contribution in [0.1, 0.15) is 51.9 Å². The van der Waals surface area contributed by atoms with Crippen LogP contribution in [0, 0.1) is 11.8 Å². The van der Waals surface area contributed by atoms with Crippen LogP contribution in [0.25, 0.3) is 0 Å². The highest BCUT2D eigenvalue weighted by molar-refractivity contribution is 5.90. The van der Waals surface area contributed by atoms with E-state index in [9.17, 15) is 4.79 Å². The minimum Gasteiger partial charge on any atom is -0.375 e. The minimum atomic E-state index is -0.576. The summed E-state index contributed by atoms with van der Waals surface area (Å²) in [6, 6.07) is 0. The second-order valence-electron chi connectivity index (χ2n) is 6.50. The first kappa shape index (κ1) is 11.7. The van der Waals surface area contributed by atoms with Crippen LogP contribution in [-0.4, -0.2) is 23.5 Å². The molecule has 3 rings (SSSR count). The van der Waals surface area contributed by atoms with Crippen molar-refractivity contribution < 1.29 is 9.53 Å². The van der Waals surface area contributed by atoms with Crippen LogP contribution in [0.4, 0.5) is 0 Å². The van der Waals surface area contributed by atoms with E-state index in [1.165, 1.54) is 6.42 Å². The van der Waals surface area contributed by atoms with E-state index < -0.39 is 5.54 Å². The number of nitrogens with two attached hydrogens (primary N) is 1. The number of hydrogen-bond donors (Lipinski definition) is 1. The van der Waals surface area contributed by atoms with E-state index >= 15 is 0 Å². The lowest BCUT2D eigenvalue weighted by molar-refractivity contribution is -0.158. The normalized spacial score (nSPS) is 35.1. The van der Waals surface area contributed by atoms with Crippen LogP contribution in [0.5, 0.6) is 0 Å². The molecule has 2 atom stereocenters. The summed E-state index contributed by atoms with van der Waals surface area (Å²) in [4.78, 5) is 12.5. The topological polar surface area (TPSA) is 52.3 Å². The number of carbonyl (C=O) groups excluding carboxylic acids is 1. The summed E-state index contributed by atoms with van der Waals surface area (Å²) in [6.07, 6.45) is 7.60. The second kappa shape index (κ2) is 3.79. The lowest BCUT2D eigenvalue weighted by Gasteiger charge is -2.47. The van der Waals surface area contributed by atoms with Gasteiger partial charge in [0.15, 0.2) is 5.78 Å². The first-order valence-electron chi connectivity index (χ1n) is 7.01. The van der Waals surface area contributed by atoms with Gasteiger partial charge in [-0.15, -0.1) is 0 Å². The van der Waals surface area contributed by atoms with Gasteiger partial charge in [0.05, 0.1) is 11.1 Å². The van der Waals surface area contributed by atoms with Crippen LogP contribution in [0.2, 0.25) is 0 Å². The fourth-order valence-electron chi connectivity index (χ4n) is 3.50. The third kappa shape index (κ3) is 1.93. The summed E-state index contributed by atoms with van der Waals surface area (Å²) >= 11 is 0. The van der Waals surface area contributed by atoms with E-state index in [2.05, 4.69) is 0 Å². The Balaban J connectivity index is 1.69. The smallest absolute Gasteiger partial charge is 0.155 e. The zero-order valence-electron chi connectivity index (χ0n) is 10.7. The molecule has 17 heavy (non-hydrogen) atoms. The molecule has 2 unspecified atom stereocenters. The summed E-state index contributed by atoms with van der Waals surface area (Å²) in [7, 11) is 0. The Hall–Kier alpha value is -0.410. The largest absolute Gasteiger partial charge is 0.375 e. The molecule has 1 aliphatic heterocycles. The van der Waals surface area contributed by atoms with Gasteiger partial charge in [0.1, 0.15) is 0 Å². The van der Waals surface area contributed by atoms with E-state index in [4.69, 9.17) is 10.5 Å². The van der Waals surface area contributed by atoms with Gasteiger partial charge in [-0.25, -0.2) is 0 Å².